The quantitative estimate of drug-likeness (QED) is 0.396. The number of carbonyl (C=O) groups excluding carboxylic acids is 1. The standard InChI is InChI=1S/C18H15N3O3S/c1-11(22)12-6-8-13(9-7-12)19-18-20-15-5-3-2-4-14(15)17(21-18)25-10-16(23)24/h2-9H,10H2,1H3,(H,23,24)(H,19,20,21). The highest BCUT2D eigenvalue weighted by Gasteiger charge is 2.10. The Morgan fingerprint density at radius 3 is 2.48 bits per heavy atom. The summed E-state index contributed by atoms with van der Waals surface area (Å²) in [7, 11) is 0. The van der Waals surface area contributed by atoms with Gasteiger partial charge in [-0.2, -0.15) is 0 Å². The summed E-state index contributed by atoms with van der Waals surface area (Å²) in [4.78, 5) is 31.1. The summed E-state index contributed by atoms with van der Waals surface area (Å²) >= 11 is 1.15. The van der Waals surface area contributed by atoms with E-state index in [1.54, 1.807) is 24.3 Å². The zero-order valence-corrected chi connectivity index (χ0v) is 14.2. The number of benzene rings is 2. The average Bonchev–Trinajstić information content (AvgIpc) is 2.60. The van der Waals surface area contributed by atoms with Gasteiger partial charge in [-0.15, -0.1) is 0 Å². The maximum absolute atomic E-state index is 11.3. The highest BCUT2D eigenvalue weighted by Crippen LogP contribution is 2.27. The van der Waals surface area contributed by atoms with Gasteiger partial charge >= 0.3 is 5.97 Å². The second-order valence-electron chi connectivity index (χ2n) is 5.31. The molecule has 0 fully saturated rings. The third-order valence-corrected chi connectivity index (χ3v) is 4.42. The molecule has 126 valence electrons. The van der Waals surface area contributed by atoms with Crippen molar-refractivity contribution in [1.29, 1.82) is 0 Å². The molecule has 0 spiro atoms. The van der Waals surface area contributed by atoms with Crippen LogP contribution < -0.4 is 5.32 Å². The molecule has 0 saturated carbocycles. The number of hydrogen-bond donors (Lipinski definition) is 2. The second kappa shape index (κ2) is 7.31. The number of carboxylic acid groups (broad SMARTS) is 1. The predicted octanol–water partition coefficient (Wildman–Crippen LogP) is 3.75. The minimum Gasteiger partial charge on any atom is -0.481 e. The molecule has 1 heterocycles. The van der Waals surface area contributed by atoms with Gasteiger partial charge in [-0.3, -0.25) is 9.59 Å². The molecule has 0 saturated heterocycles. The lowest BCUT2D eigenvalue weighted by atomic mass is 10.1. The number of nitrogens with one attached hydrogen (secondary N) is 1. The number of aliphatic carboxylic acids is 1. The lowest BCUT2D eigenvalue weighted by molar-refractivity contribution is -0.133. The van der Waals surface area contributed by atoms with E-state index in [0.717, 1.165) is 28.4 Å². The van der Waals surface area contributed by atoms with E-state index >= 15 is 0 Å². The number of hydrogen-bond acceptors (Lipinski definition) is 6. The van der Waals surface area contributed by atoms with E-state index in [0.29, 0.717) is 16.5 Å². The van der Waals surface area contributed by atoms with Gasteiger partial charge in [0.1, 0.15) is 5.03 Å². The fourth-order valence-electron chi connectivity index (χ4n) is 2.26. The summed E-state index contributed by atoms with van der Waals surface area (Å²) in [5, 5.41) is 13.4. The lowest BCUT2D eigenvalue weighted by Crippen LogP contribution is -2.02. The Labute approximate surface area is 148 Å². The molecule has 1 aromatic heterocycles. The van der Waals surface area contributed by atoms with Crippen LogP contribution in [0.4, 0.5) is 11.6 Å². The lowest BCUT2D eigenvalue weighted by Gasteiger charge is -2.09. The van der Waals surface area contributed by atoms with Crippen LogP contribution in [-0.4, -0.2) is 32.6 Å². The van der Waals surface area contributed by atoms with Gasteiger partial charge in [0, 0.05) is 16.6 Å². The molecule has 3 aromatic rings. The largest absolute Gasteiger partial charge is 0.481 e. The molecule has 2 aromatic carbocycles. The van der Waals surface area contributed by atoms with Gasteiger partial charge < -0.3 is 10.4 Å². The Balaban J connectivity index is 1.92. The summed E-state index contributed by atoms with van der Waals surface area (Å²) in [5.74, 6) is -0.599. The normalized spacial score (nSPS) is 10.6. The van der Waals surface area contributed by atoms with Gasteiger partial charge in [0.25, 0.3) is 0 Å². The molecule has 6 nitrogen and oxygen atoms in total. The zero-order chi connectivity index (χ0) is 17.8. The Kier molecular flexibility index (Phi) is 4.95. The van der Waals surface area contributed by atoms with Crippen LogP contribution in [0.3, 0.4) is 0 Å². The Morgan fingerprint density at radius 2 is 1.80 bits per heavy atom. The molecule has 0 aliphatic carbocycles. The van der Waals surface area contributed by atoms with Crippen LogP contribution in [0.2, 0.25) is 0 Å². The van der Waals surface area contributed by atoms with Crippen molar-refractivity contribution in [2.75, 3.05) is 11.1 Å². The minimum atomic E-state index is -0.901. The summed E-state index contributed by atoms with van der Waals surface area (Å²) in [5.41, 5.74) is 2.10. The van der Waals surface area contributed by atoms with Crippen LogP contribution in [0.15, 0.2) is 53.6 Å². The van der Waals surface area contributed by atoms with Crippen LogP contribution >= 0.6 is 11.8 Å². The zero-order valence-electron chi connectivity index (χ0n) is 13.4. The van der Waals surface area contributed by atoms with E-state index in [2.05, 4.69) is 15.3 Å². The van der Waals surface area contributed by atoms with Crippen molar-refractivity contribution in [3.8, 4) is 0 Å². The molecule has 25 heavy (non-hydrogen) atoms. The molecular formula is C18H15N3O3S. The van der Waals surface area contributed by atoms with Crippen LogP contribution in [0.5, 0.6) is 0 Å². The molecule has 0 aliphatic heterocycles. The van der Waals surface area contributed by atoms with Crippen LogP contribution in [0.25, 0.3) is 10.9 Å². The number of carboxylic acids is 1. The number of thioether (sulfide) groups is 1. The fourth-order valence-corrected chi connectivity index (χ4v) is 3.00. The van der Waals surface area contributed by atoms with Gasteiger partial charge in [-0.05, 0) is 37.3 Å². The van der Waals surface area contributed by atoms with Crippen molar-refractivity contribution in [3.05, 3.63) is 54.1 Å². The van der Waals surface area contributed by atoms with E-state index in [1.165, 1.54) is 6.92 Å². The number of Topliss-reactive ketones (excluding diaryl/α,β-unsaturated/α-hetero) is 1. The van der Waals surface area contributed by atoms with Crippen molar-refractivity contribution in [3.63, 3.8) is 0 Å². The van der Waals surface area contributed by atoms with E-state index in [1.807, 2.05) is 24.3 Å². The second-order valence-corrected chi connectivity index (χ2v) is 6.27. The predicted molar refractivity (Wildman–Crippen MR) is 97.6 cm³/mol. The smallest absolute Gasteiger partial charge is 0.313 e. The molecule has 0 radical (unpaired) electrons. The van der Waals surface area contributed by atoms with Crippen molar-refractivity contribution < 1.29 is 14.7 Å². The molecule has 3 rings (SSSR count). The maximum Gasteiger partial charge on any atom is 0.313 e. The maximum atomic E-state index is 11.3. The number of fused-ring (bicyclic) bond motifs is 1. The first-order valence-electron chi connectivity index (χ1n) is 7.52. The molecule has 0 bridgehead atoms. The third-order valence-electron chi connectivity index (χ3n) is 3.45. The number of carbonyl (C=O) groups is 2. The van der Waals surface area contributed by atoms with Gasteiger partial charge in [0.05, 0.1) is 11.3 Å². The number of aromatic nitrogens is 2. The molecule has 0 amide bonds. The van der Waals surface area contributed by atoms with E-state index in [4.69, 9.17) is 5.11 Å². The van der Waals surface area contributed by atoms with Gasteiger partial charge in [0.2, 0.25) is 5.95 Å². The molecule has 0 aliphatic rings. The summed E-state index contributed by atoms with van der Waals surface area (Å²) in [6.07, 6.45) is 0. The van der Waals surface area contributed by atoms with Crippen molar-refractivity contribution >= 4 is 46.1 Å². The average molecular weight is 353 g/mol. The van der Waals surface area contributed by atoms with Crippen LogP contribution in [0.1, 0.15) is 17.3 Å². The Bertz CT molecular complexity index is 942. The van der Waals surface area contributed by atoms with Gasteiger partial charge in [-0.25, -0.2) is 9.97 Å². The number of anilines is 2. The van der Waals surface area contributed by atoms with Crippen molar-refractivity contribution in [2.45, 2.75) is 11.9 Å². The number of para-hydroxylation sites is 1. The minimum absolute atomic E-state index is 0.000798. The van der Waals surface area contributed by atoms with Crippen LogP contribution in [0, 0.1) is 0 Å². The molecular weight excluding hydrogens is 338 g/mol. The molecule has 7 heteroatoms. The molecule has 0 atom stereocenters. The van der Waals surface area contributed by atoms with Crippen molar-refractivity contribution in [1.82, 2.24) is 9.97 Å². The highest BCUT2D eigenvalue weighted by molar-refractivity contribution is 8.00. The van der Waals surface area contributed by atoms with Gasteiger partial charge in [0.15, 0.2) is 5.78 Å². The Morgan fingerprint density at radius 1 is 1.08 bits per heavy atom. The Hall–Kier alpha value is -2.93. The van der Waals surface area contributed by atoms with E-state index < -0.39 is 5.97 Å². The summed E-state index contributed by atoms with van der Waals surface area (Å²) < 4.78 is 0. The molecule has 0 unspecified atom stereocenters. The number of ketones is 1. The third kappa shape index (κ3) is 4.13. The van der Waals surface area contributed by atoms with E-state index in [-0.39, 0.29) is 11.5 Å². The van der Waals surface area contributed by atoms with E-state index in [9.17, 15) is 9.59 Å². The van der Waals surface area contributed by atoms with Gasteiger partial charge in [-0.1, -0.05) is 30.0 Å². The fraction of sp³-hybridized carbons (Fsp3) is 0.111. The van der Waals surface area contributed by atoms with Crippen molar-refractivity contribution in [2.24, 2.45) is 0 Å². The topological polar surface area (TPSA) is 92.2 Å². The first-order valence-corrected chi connectivity index (χ1v) is 8.51. The monoisotopic (exact) mass is 353 g/mol. The number of nitrogens with zero attached hydrogens (tertiary/aromatic N) is 2. The highest BCUT2D eigenvalue weighted by atomic mass is 32.2. The summed E-state index contributed by atoms with van der Waals surface area (Å²) in [6, 6.07) is 14.5. The SMILES string of the molecule is CC(=O)c1ccc(Nc2nc(SCC(=O)O)c3ccccc3n2)cc1. The number of rotatable bonds is 6. The van der Waals surface area contributed by atoms with Crippen LogP contribution in [-0.2, 0) is 4.79 Å². The first kappa shape index (κ1) is 16.9. The molecule has 2 N–H and O–H groups in total. The summed E-state index contributed by atoms with van der Waals surface area (Å²) in [6.45, 7) is 1.51. The first-order chi connectivity index (χ1) is 12.0.